The van der Waals surface area contributed by atoms with E-state index in [1.54, 1.807) is 12.1 Å². The van der Waals surface area contributed by atoms with Crippen LogP contribution in [0.1, 0.15) is 29.0 Å². The molecule has 22 heavy (non-hydrogen) atoms. The van der Waals surface area contributed by atoms with Gasteiger partial charge in [-0.1, -0.05) is 6.07 Å². The highest BCUT2D eigenvalue weighted by Gasteiger charge is 2.14. The summed E-state index contributed by atoms with van der Waals surface area (Å²) >= 11 is 0. The molecule has 0 unspecified atom stereocenters. The highest BCUT2D eigenvalue weighted by atomic mass is 16.7. The van der Waals surface area contributed by atoms with E-state index < -0.39 is 0 Å². The van der Waals surface area contributed by atoms with Crippen molar-refractivity contribution in [3.63, 3.8) is 0 Å². The average Bonchev–Trinajstić information content (AvgIpc) is 3.20. The Hall–Kier alpha value is -2.76. The van der Waals surface area contributed by atoms with E-state index in [0.29, 0.717) is 18.0 Å². The van der Waals surface area contributed by atoms with Gasteiger partial charge in [0.05, 0.1) is 6.26 Å². The van der Waals surface area contributed by atoms with Crippen LogP contribution in [-0.2, 0) is 11.3 Å². The monoisotopic (exact) mass is 301 g/mol. The minimum Gasteiger partial charge on any atom is -0.461 e. The normalized spacial score (nSPS) is 12.2. The molecule has 1 amide bonds. The lowest BCUT2D eigenvalue weighted by atomic mass is 10.1. The second kappa shape index (κ2) is 6.34. The first-order chi connectivity index (χ1) is 10.7. The molecule has 0 saturated carbocycles. The molecule has 3 rings (SSSR count). The Morgan fingerprint density at radius 3 is 2.77 bits per heavy atom. The predicted octanol–water partition coefficient (Wildman–Crippen LogP) is 2.29. The molecule has 0 saturated heterocycles. The van der Waals surface area contributed by atoms with Crippen molar-refractivity contribution in [2.75, 3.05) is 6.79 Å². The molecule has 1 aliphatic rings. The van der Waals surface area contributed by atoms with Crippen molar-refractivity contribution < 1.29 is 23.5 Å². The van der Waals surface area contributed by atoms with Gasteiger partial charge in [-0.2, -0.15) is 0 Å². The summed E-state index contributed by atoms with van der Waals surface area (Å²) in [7, 11) is 0. The minimum atomic E-state index is -0.183. The largest absolute Gasteiger partial charge is 0.461 e. The molecule has 6 nitrogen and oxygen atoms in total. The summed E-state index contributed by atoms with van der Waals surface area (Å²) in [5.74, 6) is 1.31. The number of rotatable bonds is 6. The smallest absolute Gasteiger partial charge is 0.231 e. The van der Waals surface area contributed by atoms with Gasteiger partial charge >= 0.3 is 0 Å². The summed E-state index contributed by atoms with van der Waals surface area (Å²) in [4.78, 5) is 23.5. The van der Waals surface area contributed by atoms with Crippen LogP contribution in [0.3, 0.4) is 0 Å². The Morgan fingerprint density at radius 1 is 1.09 bits per heavy atom. The Bertz CT molecular complexity index is 678. The predicted molar refractivity (Wildman–Crippen MR) is 76.7 cm³/mol. The first-order valence-corrected chi connectivity index (χ1v) is 6.94. The number of hydrogen-bond acceptors (Lipinski definition) is 5. The maximum absolute atomic E-state index is 11.8. The van der Waals surface area contributed by atoms with Crippen LogP contribution in [-0.4, -0.2) is 18.5 Å². The number of carbonyl (C=O) groups is 2. The lowest BCUT2D eigenvalue weighted by molar-refractivity contribution is -0.121. The number of amides is 1. The van der Waals surface area contributed by atoms with Gasteiger partial charge in [-0.05, 0) is 29.8 Å². The molecule has 1 aliphatic heterocycles. The molecule has 1 aromatic heterocycles. The van der Waals surface area contributed by atoms with Crippen molar-refractivity contribution in [1.29, 1.82) is 0 Å². The van der Waals surface area contributed by atoms with E-state index in [0.717, 1.165) is 5.56 Å². The zero-order valence-electron chi connectivity index (χ0n) is 11.8. The molecular weight excluding hydrogens is 286 g/mol. The average molecular weight is 301 g/mol. The van der Waals surface area contributed by atoms with Crippen LogP contribution in [0.5, 0.6) is 11.5 Å². The molecule has 0 spiro atoms. The van der Waals surface area contributed by atoms with Gasteiger partial charge in [0.1, 0.15) is 0 Å². The fraction of sp³-hybridized carbons (Fsp3) is 0.250. The fourth-order valence-corrected chi connectivity index (χ4v) is 2.13. The lowest BCUT2D eigenvalue weighted by Gasteiger charge is -2.06. The quantitative estimate of drug-likeness (QED) is 0.828. The van der Waals surface area contributed by atoms with Crippen LogP contribution in [0.25, 0.3) is 0 Å². The second-order valence-corrected chi connectivity index (χ2v) is 4.86. The number of nitrogens with one attached hydrogen (secondary N) is 1. The molecule has 0 radical (unpaired) electrons. The van der Waals surface area contributed by atoms with Crippen LogP contribution in [0, 0.1) is 0 Å². The molecule has 2 heterocycles. The van der Waals surface area contributed by atoms with Gasteiger partial charge in [0.15, 0.2) is 23.0 Å². The maximum Gasteiger partial charge on any atom is 0.231 e. The summed E-state index contributed by atoms with van der Waals surface area (Å²) in [6.45, 7) is 0.602. The number of furan rings is 1. The number of hydrogen-bond donors (Lipinski definition) is 1. The van der Waals surface area contributed by atoms with Crippen molar-refractivity contribution in [3.8, 4) is 11.5 Å². The highest BCUT2D eigenvalue weighted by Crippen LogP contribution is 2.32. The van der Waals surface area contributed by atoms with Crippen LogP contribution < -0.4 is 14.8 Å². The summed E-state index contributed by atoms with van der Waals surface area (Å²) in [5, 5.41) is 2.77. The van der Waals surface area contributed by atoms with Gasteiger partial charge in [0, 0.05) is 19.4 Å². The molecular formula is C16H15NO5. The molecule has 2 aromatic rings. The number of ether oxygens (including phenoxy) is 2. The third kappa shape index (κ3) is 3.28. The van der Waals surface area contributed by atoms with Crippen LogP contribution >= 0.6 is 0 Å². The summed E-state index contributed by atoms with van der Waals surface area (Å²) in [6.07, 6.45) is 1.69. The van der Waals surface area contributed by atoms with E-state index >= 15 is 0 Å². The van der Waals surface area contributed by atoms with E-state index in [9.17, 15) is 9.59 Å². The van der Waals surface area contributed by atoms with Gasteiger partial charge in [-0.3, -0.25) is 9.59 Å². The van der Waals surface area contributed by atoms with Crippen molar-refractivity contribution in [2.45, 2.75) is 19.4 Å². The van der Waals surface area contributed by atoms with Gasteiger partial charge in [0.25, 0.3) is 0 Å². The fourth-order valence-electron chi connectivity index (χ4n) is 2.13. The topological polar surface area (TPSA) is 77.8 Å². The van der Waals surface area contributed by atoms with Gasteiger partial charge in [-0.25, -0.2) is 0 Å². The number of fused-ring (bicyclic) bond motifs is 1. The Kier molecular flexibility index (Phi) is 4.09. The van der Waals surface area contributed by atoms with Crippen LogP contribution in [0.2, 0.25) is 0 Å². The number of ketones is 1. The Morgan fingerprint density at radius 2 is 1.95 bits per heavy atom. The molecule has 1 aromatic carbocycles. The second-order valence-electron chi connectivity index (χ2n) is 4.86. The lowest BCUT2D eigenvalue weighted by Crippen LogP contribution is -2.23. The van der Waals surface area contributed by atoms with Gasteiger partial charge < -0.3 is 19.2 Å². The maximum atomic E-state index is 11.8. The molecule has 0 atom stereocenters. The summed E-state index contributed by atoms with van der Waals surface area (Å²) in [5.41, 5.74) is 0.912. The van der Waals surface area contributed by atoms with Gasteiger partial charge in [0.2, 0.25) is 12.7 Å². The standard InChI is InChI=1S/C16H15NO5/c18-12(13-2-1-7-20-13)4-6-16(19)17-9-11-3-5-14-15(8-11)22-10-21-14/h1-3,5,7-8H,4,6,9-10H2,(H,17,19). The van der Waals surface area contributed by atoms with Crippen molar-refractivity contribution >= 4 is 11.7 Å². The highest BCUT2D eigenvalue weighted by molar-refractivity contribution is 5.95. The third-order valence-corrected chi connectivity index (χ3v) is 3.30. The van der Waals surface area contributed by atoms with Crippen molar-refractivity contribution in [1.82, 2.24) is 5.32 Å². The SMILES string of the molecule is O=C(CCC(=O)c1ccco1)NCc1ccc2c(c1)OCO2. The Balaban J connectivity index is 1.45. The molecule has 1 N–H and O–H groups in total. The van der Waals surface area contributed by atoms with Crippen molar-refractivity contribution in [3.05, 3.63) is 47.9 Å². The Labute approximate surface area is 127 Å². The van der Waals surface area contributed by atoms with E-state index in [1.807, 2.05) is 18.2 Å². The third-order valence-electron chi connectivity index (χ3n) is 3.30. The first-order valence-electron chi connectivity index (χ1n) is 6.94. The molecule has 6 heteroatoms. The first kappa shape index (κ1) is 14.2. The van der Waals surface area contributed by atoms with Crippen LogP contribution in [0.4, 0.5) is 0 Å². The number of carbonyl (C=O) groups excluding carboxylic acids is 2. The zero-order chi connectivity index (χ0) is 15.4. The van der Waals surface area contributed by atoms with E-state index in [2.05, 4.69) is 5.32 Å². The van der Waals surface area contributed by atoms with Crippen LogP contribution in [0.15, 0.2) is 41.0 Å². The van der Waals surface area contributed by atoms with Gasteiger partial charge in [-0.15, -0.1) is 0 Å². The summed E-state index contributed by atoms with van der Waals surface area (Å²) in [6, 6.07) is 8.74. The number of Topliss-reactive ketones (excluding diaryl/α,β-unsaturated/α-hetero) is 1. The van der Waals surface area contributed by atoms with Crippen molar-refractivity contribution in [2.24, 2.45) is 0 Å². The molecule has 0 fully saturated rings. The van der Waals surface area contributed by atoms with E-state index in [4.69, 9.17) is 13.9 Å². The number of benzene rings is 1. The minimum absolute atomic E-state index is 0.125. The zero-order valence-corrected chi connectivity index (χ0v) is 11.8. The van der Waals surface area contributed by atoms with E-state index in [1.165, 1.54) is 6.26 Å². The molecule has 0 aliphatic carbocycles. The van der Waals surface area contributed by atoms with E-state index in [-0.39, 0.29) is 37.1 Å². The molecule has 114 valence electrons. The molecule has 0 bridgehead atoms. The summed E-state index contributed by atoms with van der Waals surface area (Å²) < 4.78 is 15.5.